The molecule has 2 aliphatic rings. The van der Waals surface area contributed by atoms with Gasteiger partial charge < -0.3 is 5.32 Å². The minimum atomic E-state index is 0.926. The summed E-state index contributed by atoms with van der Waals surface area (Å²) < 4.78 is 0. The van der Waals surface area contributed by atoms with Gasteiger partial charge in [0.1, 0.15) is 0 Å². The fourth-order valence-corrected chi connectivity index (χ4v) is 2.69. The number of hydrogen-bond donors (Lipinski definition) is 1. The highest BCUT2D eigenvalue weighted by molar-refractivity contribution is 5.01. The zero-order chi connectivity index (χ0) is 9.14. The molecule has 2 fully saturated rings. The van der Waals surface area contributed by atoms with E-state index in [2.05, 4.69) is 19.2 Å². The van der Waals surface area contributed by atoms with Crippen LogP contribution >= 0.6 is 0 Å². The van der Waals surface area contributed by atoms with Crippen LogP contribution in [0.2, 0.25) is 0 Å². The van der Waals surface area contributed by atoms with Crippen molar-refractivity contribution in [2.75, 3.05) is 13.1 Å². The standard InChI is InChI=1S/C9H17N.C2H6/c1-6(2)9-7-3-4-10-5-8(7)9;1-2/h6-10H,3-5H2,1-2H3;1-2H3. The lowest BCUT2D eigenvalue weighted by Crippen LogP contribution is -2.23. The summed E-state index contributed by atoms with van der Waals surface area (Å²) in [6, 6.07) is 0. The van der Waals surface area contributed by atoms with Crippen molar-refractivity contribution < 1.29 is 0 Å². The van der Waals surface area contributed by atoms with Gasteiger partial charge in [0.25, 0.3) is 0 Å². The fourth-order valence-electron chi connectivity index (χ4n) is 2.69. The van der Waals surface area contributed by atoms with Crippen molar-refractivity contribution in [2.45, 2.75) is 34.1 Å². The lowest BCUT2D eigenvalue weighted by atomic mass is 10.1. The fraction of sp³-hybridized carbons (Fsp3) is 1.00. The third kappa shape index (κ3) is 1.82. The Morgan fingerprint density at radius 2 is 1.83 bits per heavy atom. The van der Waals surface area contributed by atoms with E-state index in [1.165, 1.54) is 19.5 Å². The molecule has 0 aromatic carbocycles. The van der Waals surface area contributed by atoms with Crippen LogP contribution in [0.1, 0.15) is 34.1 Å². The van der Waals surface area contributed by atoms with Gasteiger partial charge in [0, 0.05) is 0 Å². The zero-order valence-electron chi connectivity index (χ0n) is 8.93. The summed E-state index contributed by atoms with van der Waals surface area (Å²) in [6.07, 6.45) is 1.44. The molecule has 0 spiro atoms. The van der Waals surface area contributed by atoms with Gasteiger partial charge in [-0.2, -0.15) is 0 Å². The van der Waals surface area contributed by atoms with Crippen molar-refractivity contribution in [3.63, 3.8) is 0 Å². The molecule has 1 aliphatic heterocycles. The molecule has 12 heavy (non-hydrogen) atoms. The van der Waals surface area contributed by atoms with Crippen molar-refractivity contribution in [1.29, 1.82) is 0 Å². The quantitative estimate of drug-likeness (QED) is 0.636. The molecule has 3 unspecified atom stereocenters. The topological polar surface area (TPSA) is 12.0 Å². The molecule has 1 saturated heterocycles. The van der Waals surface area contributed by atoms with Crippen LogP contribution in [-0.2, 0) is 0 Å². The van der Waals surface area contributed by atoms with E-state index in [-0.39, 0.29) is 0 Å². The molecule has 0 aromatic rings. The van der Waals surface area contributed by atoms with Gasteiger partial charge in [-0.3, -0.25) is 0 Å². The van der Waals surface area contributed by atoms with Crippen molar-refractivity contribution in [1.82, 2.24) is 5.32 Å². The minimum Gasteiger partial charge on any atom is -0.316 e. The van der Waals surface area contributed by atoms with Crippen LogP contribution in [0, 0.1) is 23.7 Å². The molecule has 2 rings (SSSR count). The Balaban J connectivity index is 0.000000336. The number of rotatable bonds is 1. The highest BCUT2D eigenvalue weighted by Gasteiger charge is 2.51. The minimum absolute atomic E-state index is 0.926. The number of nitrogens with one attached hydrogen (secondary N) is 1. The second-order valence-electron chi connectivity index (χ2n) is 4.14. The lowest BCUT2D eigenvalue weighted by molar-refractivity contribution is 0.496. The molecule has 0 amide bonds. The Hall–Kier alpha value is -0.0400. The molecule has 0 aromatic heterocycles. The second kappa shape index (κ2) is 4.27. The average Bonchev–Trinajstić information content (AvgIpc) is 2.81. The lowest BCUT2D eigenvalue weighted by Gasteiger charge is -2.08. The smallest absolute Gasteiger partial charge is 0.00149 e. The predicted octanol–water partition coefficient (Wildman–Crippen LogP) is 2.52. The van der Waals surface area contributed by atoms with Gasteiger partial charge in [0.15, 0.2) is 0 Å². The normalized spacial score (nSPS) is 38.2. The van der Waals surface area contributed by atoms with Crippen LogP contribution in [-0.4, -0.2) is 13.1 Å². The first kappa shape index (κ1) is 10.0. The van der Waals surface area contributed by atoms with Crippen molar-refractivity contribution in [2.24, 2.45) is 23.7 Å². The molecule has 1 saturated carbocycles. The number of hydrogen-bond acceptors (Lipinski definition) is 1. The summed E-state index contributed by atoms with van der Waals surface area (Å²) in [4.78, 5) is 0. The van der Waals surface area contributed by atoms with E-state index >= 15 is 0 Å². The predicted molar refractivity (Wildman–Crippen MR) is 54.1 cm³/mol. The average molecular weight is 169 g/mol. The highest BCUT2D eigenvalue weighted by Crippen LogP contribution is 2.53. The van der Waals surface area contributed by atoms with Gasteiger partial charge in [-0.25, -0.2) is 0 Å². The first-order chi connectivity index (χ1) is 5.80. The Labute approximate surface area is 76.9 Å². The Morgan fingerprint density at radius 3 is 2.25 bits per heavy atom. The summed E-state index contributed by atoms with van der Waals surface area (Å²) in [5, 5.41) is 3.46. The van der Waals surface area contributed by atoms with Crippen LogP contribution in [0.15, 0.2) is 0 Å². The molecule has 0 radical (unpaired) electrons. The molecule has 1 heterocycles. The van der Waals surface area contributed by atoms with E-state index in [9.17, 15) is 0 Å². The monoisotopic (exact) mass is 169 g/mol. The van der Waals surface area contributed by atoms with Gasteiger partial charge in [-0.05, 0) is 43.2 Å². The van der Waals surface area contributed by atoms with E-state index in [0.29, 0.717) is 0 Å². The van der Waals surface area contributed by atoms with Gasteiger partial charge in [0.05, 0.1) is 0 Å². The number of piperidine rings is 1. The van der Waals surface area contributed by atoms with E-state index in [1.807, 2.05) is 13.8 Å². The van der Waals surface area contributed by atoms with Crippen molar-refractivity contribution in [3.05, 3.63) is 0 Å². The summed E-state index contributed by atoms with van der Waals surface area (Å²) >= 11 is 0. The van der Waals surface area contributed by atoms with Crippen LogP contribution in [0.25, 0.3) is 0 Å². The van der Waals surface area contributed by atoms with Crippen molar-refractivity contribution >= 4 is 0 Å². The second-order valence-corrected chi connectivity index (χ2v) is 4.14. The molecule has 1 heteroatoms. The van der Waals surface area contributed by atoms with E-state index in [4.69, 9.17) is 0 Å². The number of fused-ring (bicyclic) bond motifs is 1. The molecule has 1 aliphatic carbocycles. The Bertz CT molecular complexity index is 119. The molecule has 1 nitrogen and oxygen atoms in total. The first-order valence-corrected chi connectivity index (χ1v) is 5.51. The molecule has 1 N–H and O–H groups in total. The molecular formula is C11H23N. The summed E-state index contributed by atoms with van der Waals surface area (Å²) in [6.45, 7) is 11.3. The van der Waals surface area contributed by atoms with Crippen LogP contribution < -0.4 is 5.32 Å². The summed E-state index contributed by atoms with van der Waals surface area (Å²) in [5.41, 5.74) is 0. The first-order valence-electron chi connectivity index (χ1n) is 5.51. The van der Waals surface area contributed by atoms with Crippen molar-refractivity contribution in [3.8, 4) is 0 Å². The molecule has 3 atom stereocenters. The molecule has 0 bridgehead atoms. The van der Waals surface area contributed by atoms with Crippen LogP contribution in [0.4, 0.5) is 0 Å². The maximum atomic E-state index is 3.46. The third-order valence-electron chi connectivity index (χ3n) is 3.20. The maximum absolute atomic E-state index is 3.46. The molecular weight excluding hydrogens is 146 g/mol. The van der Waals surface area contributed by atoms with E-state index in [0.717, 1.165) is 23.7 Å². The highest BCUT2D eigenvalue weighted by atomic mass is 14.9. The van der Waals surface area contributed by atoms with Crippen LogP contribution in [0.5, 0.6) is 0 Å². The third-order valence-corrected chi connectivity index (χ3v) is 3.20. The van der Waals surface area contributed by atoms with E-state index in [1.54, 1.807) is 0 Å². The Kier molecular flexibility index (Phi) is 3.57. The summed E-state index contributed by atoms with van der Waals surface area (Å²) in [7, 11) is 0. The van der Waals surface area contributed by atoms with Crippen LogP contribution in [0.3, 0.4) is 0 Å². The maximum Gasteiger partial charge on any atom is -0.00149 e. The largest absolute Gasteiger partial charge is 0.316 e. The Morgan fingerprint density at radius 1 is 1.17 bits per heavy atom. The van der Waals surface area contributed by atoms with Gasteiger partial charge in [0.2, 0.25) is 0 Å². The molecule has 72 valence electrons. The van der Waals surface area contributed by atoms with Gasteiger partial charge >= 0.3 is 0 Å². The van der Waals surface area contributed by atoms with E-state index < -0.39 is 0 Å². The SMILES string of the molecule is CC.CC(C)C1C2CCNCC21. The summed E-state index contributed by atoms with van der Waals surface area (Å²) in [5.74, 6) is 4.14. The van der Waals surface area contributed by atoms with Gasteiger partial charge in [-0.1, -0.05) is 27.7 Å². The zero-order valence-corrected chi connectivity index (χ0v) is 8.93. The van der Waals surface area contributed by atoms with Gasteiger partial charge in [-0.15, -0.1) is 0 Å².